The Bertz CT molecular complexity index is 330. The Balaban J connectivity index is 0. The summed E-state index contributed by atoms with van der Waals surface area (Å²) in [6.45, 7) is 1.89. The number of rotatable bonds is 2. The van der Waals surface area contributed by atoms with Gasteiger partial charge in [-0.1, -0.05) is 6.07 Å². The van der Waals surface area contributed by atoms with E-state index in [1.165, 1.54) is 6.07 Å². The average molecular weight is 333 g/mol. The Labute approximate surface area is 123 Å². The third-order valence-corrected chi connectivity index (χ3v) is 1.38. The Morgan fingerprint density at radius 1 is 1.53 bits per heavy atom. The van der Waals surface area contributed by atoms with E-state index in [9.17, 15) is 9.90 Å². The van der Waals surface area contributed by atoms with E-state index in [0.717, 1.165) is 6.07 Å². The van der Waals surface area contributed by atoms with E-state index in [-0.39, 0.29) is 73.4 Å². The van der Waals surface area contributed by atoms with Gasteiger partial charge in [-0.25, -0.2) is 0 Å². The first-order valence-electron chi connectivity index (χ1n) is 3.76. The largest absolute Gasteiger partial charge is 0.551 e. The number of hydrogen-bond donors (Lipinski definition) is 2. The summed E-state index contributed by atoms with van der Waals surface area (Å²) in [7, 11) is 0. The zero-order valence-corrected chi connectivity index (χ0v) is 11.9. The predicted octanol–water partition coefficient (Wildman–Crippen LogP) is 0.694. The molecule has 1 aromatic rings. The fraction of sp³-hybridized carbons (Fsp3) is 0.222. The minimum absolute atomic E-state index is 0. The molecule has 0 bridgehead atoms. The number of phenols is 2. The Hall–Kier alpha value is -0.281. The SMILES string of the molecule is CCOC(=O)c1[c-]cc(O)cc1O.[B].[Pr]. The van der Waals surface area contributed by atoms with Gasteiger partial charge in [-0.15, -0.1) is 12.1 Å². The van der Waals surface area contributed by atoms with Gasteiger partial charge in [-0.2, -0.15) is 0 Å². The van der Waals surface area contributed by atoms with Crippen LogP contribution in [0.4, 0.5) is 0 Å². The Morgan fingerprint density at radius 3 is 2.60 bits per heavy atom. The standard InChI is InChI=1S/C9H9O4.B.Pr/c1-2-13-9(12)7-4-3-6(10)5-8(7)11;;/h3,5,10-11H,2H2,1H3;;/q-1;;. The number of ether oxygens (including phenoxy) is 1. The molecule has 0 aliphatic heterocycles. The molecular formula is C9H9BO4Pr-. The van der Waals surface area contributed by atoms with Gasteiger partial charge in [0, 0.05) is 61.2 Å². The van der Waals surface area contributed by atoms with Gasteiger partial charge in [0.15, 0.2) is 0 Å². The van der Waals surface area contributed by atoms with Crippen molar-refractivity contribution >= 4 is 14.4 Å². The van der Waals surface area contributed by atoms with Crippen LogP contribution in [0.25, 0.3) is 0 Å². The molecule has 0 aliphatic carbocycles. The van der Waals surface area contributed by atoms with Crippen LogP contribution in [0.3, 0.4) is 0 Å². The van der Waals surface area contributed by atoms with E-state index >= 15 is 0 Å². The summed E-state index contributed by atoms with van der Waals surface area (Å²) in [5.74, 6) is -1.14. The normalized spacial score (nSPS) is 8.33. The fourth-order valence-corrected chi connectivity index (χ4v) is 0.841. The molecule has 0 heterocycles. The molecule has 4 nitrogen and oxygen atoms in total. The van der Waals surface area contributed by atoms with Crippen LogP contribution < -0.4 is 0 Å². The molecule has 0 saturated carbocycles. The first kappa shape index (κ1) is 17.1. The van der Waals surface area contributed by atoms with E-state index in [4.69, 9.17) is 5.11 Å². The summed E-state index contributed by atoms with van der Waals surface area (Å²) in [4.78, 5) is 11.1. The molecule has 76 valence electrons. The summed E-state index contributed by atoms with van der Waals surface area (Å²) in [6, 6.07) is 4.66. The maximum atomic E-state index is 11.1. The maximum Gasteiger partial charge on any atom is 0.253 e. The van der Waals surface area contributed by atoms with Crippen LogP contribution in [-0.4, -0.2) is 31.2 Å². The molecule has 0 aliphatic rings. The monoisotopic (exact) mass is 333 g/mol. The second-order valence-electron chi connectivity index (χ2n) is 2.34. The fourth-order valence-electron chi connectivity index (χ4n) is 0.841. The number of carbonyl (C=O) groups is 1. The topological polar surface area (TPSA) is 66.8 Å². The van der Waals surface area contributed by atoms with Crippen LogP contribution in [0, 0.1) is 47.4 Å². The predicted molar refractivity (Wildman–Crippen MR) is 50.3 cm³/mol. The zero-order chi connectivity index (χ0) is 9.84. The second kappa shape index (κ2) is 7.94. The van der Waals surface area contributed by atoms with E-state index in [0.29, 0.717) is 0 Å². The van der Waals surface area contributed by atoms with Crippen molar-refractivity contribution in [2.24, 2.45) is 0 Å². The molecule has 0 unspecified atom stereocenters. The van der Waals surface area contributed by atoms with Crippen LogP contribution in [0.1, 0.15) is 17.3 Å². The molecule has 1 rings (SSSR count). The number of hydrogen-bond acceptors (Lipinski definition) is 4. The van der Waals surface area contributed by atoms with Crippen LogP contribution in [-0.2, 0) is 4.74 Å². The molecule has 6 heteroatoms. The van der Waals surface area contributed by atoms with Crippen LogP contribution in [0.15, 0.2) is 12.1 Å². The van der Waals surface area contributed by atoms with Crippen LogP contribution >= 0.6 is 0 Å². The van der Waals surface area contributed by atoms with Gasteiger partial charge < -0.3 is 19.7 Å². The van der Waals surface area contributed by atoms with Crippen molar-refractivity contribution in [3.63, 3.8) is 0 Å². The van der Waals surface area contributed by atoms with E-state index in [1.807, 2.05) is 0 Å². The molecular weight excluding hydrogens is 324 g/mol. The van der Waals surface area contributed by atoms with Gasteiger partial charge >= 0.3 is 0 Å². The third kappa shape index (κ3) is 4.85. The first-order valence-corrected chi connectivity index (χ1v) is 3.76. The van der Waals surface area contributed by atoms with Gasteiger partial charge in [0.1, 0.15) is 0 Å². The summed E-state index contributed by atoms with van der Waals surface area (Å²) < 4.78 is 4.64. The number of phenolic OH excluding ortho intramolecular Hbond substituents is 2. The number of aromatic hydroxyl groups is 2. The van der Waals surface area contributed by atoms with Gasteiger partial charge in [0.25, 0.3) is 5.97 Å². The summed E-state index contributed by atoms with van der Waals surface area (Å²) in [5.41, 5.74) is -0.0698. The second-order valence-corrected chi connectivity index (χ2v) is 2.34. The number of benzene rings is 1. The zero-order valence-electron chi connectivity index (χ0n) is 8.23. The molecule has 4 radical (unpaired) electrons. The Morgan fingerprint density at radius 2 is 2.13 bits per heavy atom. The van der Waals surface area contributed by atoms with Crippen molar-refractivity contribution in [2.45, 2.75) is 6.92 Å². The number of carbonyl (C=O) groups excluding carboxylic acids is 1. The molecule has 0 fully saturated rings. The summed E-state index contributed by atoms with van der Waals surface area (Å²) in [5, 5.41) is 18.1. The van der Waals surface area contributed by atoms with Crippen molar-refractivity contribution in [2.75, 3.05) is 6.61 Å². The molecule has 0 spiro atoms. The minimum Gasteiger partial charge on any atom is -0.551 e. The summed E-state index contributed by atoms with van der Waals surface area (Å²) >= 11 is 0. The molecule has 2 N–H and O–H groups in total. The van der Waals surface area contributed by atoms with Crippen molar-refractivity contribution < 1.29 is 61.0 Å². The maximum absolute atomic E-state index is 11.1. The molecule has 15 heavy (non-hydrogen) atoms. The third-order valence-electron chi connectivity index (χ3n) is 1.38. The quantitative estimate of drug-likeness (QED) is 0.475. The van der Waals surface area contributed by atoms with Crippen molar-refractivity contribution in [1.29, 1.82) is 0 Å². The molecule has 0 aromatic heterocycles. The van der Waals surface area contributed by atoms with Gasteiger partial charge in [0.2, 0.25) is 0 Å². The van der Waals surface area contributed by atoms with Gasteiger partial charge in [-0.3, -0.25) is 0 Å². The van der Waals surface area contributed by atoms with Crippen molar-refractivity contribution in [3.05, 3.63) is 23.8 Å². The van der Waals surface area contributed by atoms with Crippen LogP contribution in [0.5, 0.6) is 11.5 Å². The van der Waals surface area contributed by atoms with Crippen LogP contribution in [0.2, 0.25) is 0 Å². The van der Waals surface area contributed by atoms with Gasteiger partial charge in [-0.05, 0) is 12.5 Å². The number of esters is 1. The minimum atomic E-state index is -0.653. The summed E-state index contributed by atoms with van der Waals surface area (Å²) in [6.07, 6.45) is 0. The first-order chi connectivity index (χ1) is 6.15. The average Bonchev–Trinajstić information content (AvgIpc) is 2.04. The Kier molecular flexibility index (Phi) is 9.06. The van der Waals surface area contributed by atoms with E-state index < -0.39 is 5.97 Å². The van der Waals surface area contributed by atoms with Gasteiger partial charge in [0.05, 0.1) is 6.61 Å². The van der Waals surface area contributed by atoms with E-state index in [2.05, 4.69) is 10.8 Å². The molecule has 1 aromatic carbocycles. The molecule has 0 saturated heterocycles. The van der Waals surface area contributed by atoms with Crippen molar-refractivity contribution in [1.82, 2.24) is 0 Å². The molecule has 0 amide bonds. The smallest absolute Gasteiger partial charge is 0.253 e. The molecule has 0 atom stereocenters. The van der Waals surface area contributed by atoms with E-state index in [1.54, 1.807) is 6.92 Å². The van der Waals surface area contributed by atoms with Crippen molar-refractivity contribution in [3.8, 4) is 11.5 Å².